The predicted molar refractivity (Wildman–Crippen MR) is 94.2 cm³/mol. The molecule has 1 fully saturated rings. The Balaban J connectivity index is 1.70. The van der Waals surface area contributed by atoms with Crippen molar-refractivity contribution in [1.29, 1.82) is 0 Å². The van der Waals surface area contributed by atoms with Gasteiger partial charge in [0.25, 0.3) is 0 Å². The number of hydrogen-bond acceptors (Lipinski definition) is 6. The van der Waals surface area contributed by atoms with Crippen molar-refractivity contribution in [2.75, 3.05) is 42.3 Å². The number of rotatable bonds is 4. The van der Waals surface area contributed by atoms with Crippen LogP contribution in [0.25, 0.3) is 0 Å². The smallest absolute Gasteiger partial charge is 0.226 e. The molecule has 0 bridgehead atoms. The summed E-state index contributed by atoms with van der Waals surface area (Å²) in [4.78, 5) is 17.6. The third kappa shape index (κ3) is 3.70. The van der Waals surface area contributed by atoms with E-state index in [1.807, 2.05) is 37.3 Å². The van der Waals surface area contributed by atoms with Gasteiger partial charge in [0, 0.05) is 45.6 Å². The monoisotopic (exact) mass is 312 g/mol. The summed E-state index contributed by atoms with van der Waals surface area (Å²) in [5.74, 6) is 2.70. The maximum Gasteiger partial charge on any atom is 0.226 e. The zero-order valence-electron chi connectivity index (χ0n) is 14.0. The molecule has 2 aromatic rings. The molecule has 0 amide bonds. The van der Waals surface area contributed by atoms with Crippen LogP contribution in [0.1, 0.15) is 18.4 Å². The molecule has 6 nitrogen and oxygen atoms in total. The molecule has 2 aromatic heterocycles. The van der Waals surface area contributed by atoms with Crippen LogP contribution in [0, 0.1) is 6.92 Å². The van der Waals surface area contributed by atoms with Gasteiger partial charge in [-0.25, -0.2) is 9.97 Å². The average molecular weight is 312 g/mol. The minimum atomic E-state index is 0.370. The molecule has 1 atom stereocenters. The lowest BCUT2D eigenvalue weighted by Gasteiger charge is -2.35. The summed E-state index contributed by atoms with van der Waals surface area (Å²) in [6.07, 6.45) is 5.96. The van der Waals surface area contributed by atoms with Gasteiger partial charge in [-0.1, -0.05) is 6.07 Å². The molecular formula is C17H24N6. The zero-order chi connectivity index (χ0) is 16.2. The molecule has 1 saturated heterocycles. The Morgan fingerprint density at radius 1 is 1.22 bits per heavy atom. The maximum absolute atomic E-state index is 4.55. The average Bonchev–Trinajstić information content (AvgIpc) is 2.56. The van der Waals surface area contributed by atoms with Crippen molar-refractivity contribution >= 4 is 17.6 Å². The van der Waals surface area contributed by atoms with E-state index in [2.05, 4.69) is 38.2 Å². The van der Waals surface area contributed by atoms with Gasteiger partial charge < -0.3 is 15.1 Å². The summed E-state index contributed by atoms with van der Waals surface area (Å²) in [5, 5.41) is 3.55. The summed E-state index contributed by atoms with van der Waals surface area (Å²) in [5.41, 5.74) is 1.23. The van der Waals surface area contributed by atoms with E-state index in [9.17, 15) is 0 Å². The molecule has 1 unspecified atom stereocenters. The van der Waals surface area contributed by atoms with E-state index in [1.165, 1.54) is 5.56 Å². The molecule has 1 aliphatic heterocycles. The van der Waals surface area contributed by atoms with Gasteiger partial charge in [-0.15, -0.1) is 0 Å². The number of piperidine rings is 1. The standard InChI is InChI=1S/C17H24N6/c1-13-6-4-9-18-16(13)23-11-5-7-14(12-23)20-15-8-10-19-17(21-15)22(2)3/h4,6,8-10,14H,5,7,11-12H2,1-3H3,(H,19,20,21). The maximum atomic E-state index is 4.55. The lowest BCUT2D eigenvalue weighted by atomic mass is 10.1. The van der Waals surface area contributed by atoms with Crippen LogP contribution in [0.3, 0.4) is 0 Å². The second kappa shape index (κ2) is 6.81. The number of hydrogen-bond donors (Lipinski definition) is 1. The predicted octanol–water partition coefficient (Wildman–Crippen LogP) is 2.33. The van der Waals surface area contributed by atoms with E-state index >= 15 is 0 Å². The van der Waals surface area contributed by atoms with Gasteiger partial charge in [0.05, 0.1) is 0 Å². The van der Waals surface area contributed by atoms with Gasteiger partial charge in [-0.2, -0.15) is 4.98 Å². The minimum Gasteiger partial charge on any atom is -0.365 e. The molecular weight excluding hydrogens is 288 g/mol. The molecule has 3 heterocycles. The molecule has 6 heteroatoms. The van der Waals surface area contributed by atoms with Gasteiger partial charge in [0.2, 0.25) is 5.95 Å². The Kier molecular flexibility index (Phi) is 4.60. The normalized spacial score (nSPS) is 17.9. The van der Waals surface area contributed by atoms with Crippen molar-refractivity contribution in [3.05, 3.63) is 36.2 Å². The number of pyridine rings is 1. The third-order valence-corrected chi connectivity index (χ3v) is 4.10. The summed E-state index contributed by atoms with van der Waals surface area (Å²) < 4.78 is 0. The summed E-state index contributed by atoms with van der Waals surface area (Å²) in [6.45, 7) is 4.12. The second-order valence-corrected chi connectivity index (χ2v) is 6.21. The van der Waals surface area contributed by atoms with Crippen molar-refractivity contribution < 1.29 is 0 Å². The Hall–Kier alpha value is -2.37. The highest BCUT2D eigenvalue weighted by Crippen LogP contribution is 2.22. The van der Waals surface area contributed by atoms with Crippen molar-refractivity contribution in [2.45, 2.75) is 25.8 Å². The second-order valence-electron chi connectivity index (χ2n) is 6.21. The first-order chi connectivity index (χ1) is 11.1. The molecule has 122 valence electrons. The fourth-order valence-corrected chi connectivity index (χ4v) is 2.95. The Labute approximate surface area is 137 Å². The van der Waals surface area contributed by atoms with Gasteiger partial charge in [-0.05, 0) is 37.5 Å². The van der Waals surface area contributed by atoms with E-state index in [0.717, 1.165) is 43.5 Å². The number of aryl methyl sites for hydroxylation is 1. The van der Waals surface area contributed by atoms with Crippen LogP contribution >= 0.6 is 0 Å². The lowest BCUT2D eigenvalue weighted by Crippen LogP contribution is -2.43. The van der Waals surface area contributed by atoms with Crippen molar-refractivity contribution in [3.63, 3.8) is 0 Å². The fourth-order valence-electron chi connectivity index (χ4n) is 2.95. The van der Waals surface area contributed by atoms with Crippen molar-refractivity contribution in [3.8, 4) is 0 Å². The first-order valence-electron chi connectivity index (χ1n) is 8.07. The Morgan fingerprint density at radius 2 is 2.09 bits per heavy atom. The highest BCUT2D eigenvalue weighted by molar-refractivity contribution is 5.48. The zero-order valence-corrected chi connectivity index (χ0v) is 14.0. The van der Waals surface area contributed by atoms with Crippen LogP contribution in [-0.2, 0) is 0 Å². The number of aromatic nitrogens is 3. The molecule has 3 rings (SSSR count). The van der Waals surface area contributed by atoms with Crippen LogP contribution in [0.2, 0.25) is 0 Å². The number of anilines is 3. The summed E-state index contributed by atoms with van der Waals surface area (Å²) in [6, 6.07) is 6.41. The van der Waals surface area contributed by atoms with Crippen LogP contribution in [-0.4, -0.2) is 48.2 Å². The first kappa shape index (κ1) is 15.5. The molecule has 0 spiro atoms. The quantitative estimate of drug-likeness (QED) is 0.935. The van der Waals surface area contributed by atoms with E-state index in [1.54, 1.807) is 6.20 Å². The number of nitrogens with one attached hydrogen (secondary N) is 1. The molecule has 0 saturated carbocycles. The SMILES string of the molecule is Cc1cccnc1N1CCCC(Nc2ccnc(N(C)C)n2)C1. The van der Waals surface area contributed by atoms with Crippen LogP contribution in [0.5, 0.6) is 0 Å². The van der Waals surface area contributed by atoms with E-state index in [4.69, 9.17) is 0 Å². The Bertz CT molecular complexity index is 657. The highest BCUT2D eigenvalue weighted by atomic mass is 15.2. The molecule has 0 aromatic carbocycles. The summed E-state index contributed by atoms with van der Waals surface area (Å²) >= 11 is 0. The minimum absolute atomic E-state index is 0.370. The highest BCUT2D eigenvalue weighted by Gasteiger charge is 2.22. The van der Waals surface area contributed by atoms with Crippen molar-refractivity contribution in [1.82, 2.24) is 15.0 Å². The van der Waals surface area contributed by atoms with Crippen LogP contribution in [0.15, 0.2) is 30.6 Å². The van der Waals surface area contributed by atoms with Gasteiger partial charge in [0.15, 0.2) is 0 Å². The molecule has 23 heavy (non-hydrogen) atoms. The molecule has 1 aliphatic rings. The van der Waals surface area contributed by atoms with E-state index in [0.29, 0.717) is 6.04 Å². The Morgan fingerprint density at radius 3 is 2.87 bits per heavy atom. The van der Waals surface area contributed by atoms with Crippen LogP contribution in [0.4, 0.5) is 17.6 Å². The van der Waals surface area contributed by atoms with E-state index in [-0.39, 0.29) is 0 Å². The molecule has 1 N–H and O–H groups in total. The van der Waals surface area contributed by atoms with E-state index < -0.39 is 0 Å². The third-order valence-electron chi connectivity index (χ3n) is 4.10. The topological polar surface area (TPSA) is 57.2 Å². The van der Waals surface area contributed by atoms with Gasteiger partial charge in [0.1, 0.15) is 11.6 Å². The van der Waals surface area contributed by atoms with Crippen LogP contribution < -0.4 is 15.1 Å². The lowest BCUT2D eigenvalue weighted by molar-refractivity contribution is 0.525. The van der Waals surface area contributed by atoms with Gasteiger partial charge in [-0.3, -0.25) is 0 Å². The summed E-state index contributed by atoms with van der Waals surface area (Å²) in [7, 11) is 3.90. The largest absolute Gasteiger partial charge is 0.365 e. The van der Waals surface area contributed by atoms with Crippen molar-refractivity contribution in [2.24, 2.45) is 0 Å². The molecule has 0 aliphatic carbocycles. The fraction of sp³-hybridized carbons (Fsp3) is 0.471. The molecule has 0 radical (unpaired) electrons. The first-order valence-corrected chi connectivity index (χ1v) is 8.07. The van der Waals surface area contributed by atoms with Gasteiger partial charge >= 0.3 is 0 Å². The number of nitrogens with zero attached hydrogens (tertiary/aromatic N) is 5.